The summed E-state index contributed by atoms with van der Waals surface area (Å²) in [6, 6.07) is 0. The van der Waals surface area contributed by atoms with E-state index in [2.05, 4.69) is 30.4 Å². The van der Waals surface area contributed by atoms with Crippen molar-refractivity contribution < 1.29 is 4.74 Å². The van der Waals surface area contributed by atoms with Gasteiger partial charge in [-0.15, -0.1) is 0 Å². The van der Waals surface area contributed by atoms with Crippen LogP contribution in [0.15, 0.2) is 10.9 Å². The van der Waals surface area contributed by atoms with Crippen molar-refractivity contribution in [2.45, 2.75) is 6.54 Å². The molecule has 0 radical (unpaired) electrons. The Kier molecular flexibility index (Phi) is 3.20. The van der Waals surface area contributed by atoms with E-state index in [0.717, 1.165) is 37.6 Å². The number of ether oxygens (including phenoxy) is 1. The molecule has 0 amide bonds. The Balaban J connectivity index is 1.99. The number of hydrogen-bond donors (Lipinski definition) is 0. The van der Waals surface area contributed by atoms with Gasteiger partial charge < -0.3 is 9.30 Å². The lowest BCUT2D eigenvalue weighted by Crippen LogP contribution is -2.36. The SMILES string of the molecule is Cn1c(CN2CCOCC2)cnc1Br. The first kappa shape index (κ1) is 10.1. The average molecular weight is 260 g/mol. The maximum atomic E-state index is 5.30. The second-order valence-electron chi connectivity index (χ2n) is 3.47. The van der Waals surface area contributed by atoms with Crippen LogP contribution in [0.1, 0.15) is 5.69 Å². The lowest BCUT2D eigenvalue weighted by molar-refractivity contribution is 0.0332. The highest BCUT2D eigenvalue weighted by molar-refractivity contribution is 9.10. The molecule has 2 rings (SSSR count). The molecule has 1 aromatic rings. The van der Waals surface area contributed by atoms with Gasteiger partial charge in [-0.1, -0.05) is 0 Å². The van der Waals surface area contributed by atoms with Gasteiger partial charge in [0.05, 0.1) is 25.1 Å². The summed E-state index contributed by atoms with van der Waals surface area (Å²) in [5.74, 6) is 0. The molecule has 2 heterocycles. The fourth-order valence-corrected chi connectivity index (χ4v) is 1.88. The number of nitrogens with zero attached hydrogens (tertiary/aromatic N) is 3. The van der Waals surface area contributed by atoms with Crippen molar-refractivity contribution in [3.63, 3.8) is 0 Å². The van der Waals surface area contributed by atoms with Gasteiger partial charge in [0.2, 0.25) is 0 Å². The van der Waals surface area contributed by atoms with Gasteiger partial charge in [-0.2, -0.15) is 0 Å². The van der Waals surface area contributed by atoms with Gasteiger partial charge in [-0.05, 0) is 15.9 Å². The zero-order valence-electron chi connectivity index (χ0n) is 8.24. The summed E-state index contributed by atoms with van der Waals surface area (Å²) in [7, 11) is 2.02. The molecule has 1 aliphatic heterocycles. The van der Waals surface area contributed by atoms with Gasteiger partial charge in [0.1, 0.15) is 0 Å². The molecule has 0 bridgehead atoms. The van der Waals surface area contributed by atoms with E-state index >= 15 is 0 Å². The Morgan fingerprint density at radius 2 is 2.21 bits per heavy atom. The molecule has 0 saturated carbocycles. The van der Waals surface area contributed by atoms with E-state index in [9.17, 15) is 0 Å². The zero-order chi connectivity index (χ0) is 9.97. The molecule has 0 N–H and O–H groups in total. The number of rotatable bonds is 2. The third-order valence-corrected chi connectivity index (χ3v) is 3.25. The summed E-state index contributed by atoms with van der Waals surface area (Å²) in [6.45, 7) is 4.68. The predicted octanol–water partition coefficient (Wildman–Crippen LogP) is 1.01. The van der Waals surface area contributed by atoms with E-state index in [1.165, 1.54) is 5.69 Å². The summed E-state index contributed by atoms with van der Waals surface area (Å²) in [5.41, 5.74) is 1.23. The lowest BCUT2D eigenvalue weighted by atomic mass is 10.3. The van der Waals surface area contributed by atoms with Crippen LogP contribution in [-0.4, -0.2) is 40.8 Å². The van der Waals surface area contributed by atoms with Crippen molar-refractivity contribution in [1.82, 2.24) is 14.5 Å². The first-order valence-corrected chi connectivity index (χ1v) is 5.53. The van der Waals surface area contributed by atoms with E-state index in [-0.39, 0.29) is 0 Å². The fourth-order valence-electron chi connectivity index (χ4n) is 1.55. The van der Waals surface area contributed by atoms with Gasteiger partial charge in [0.15, 0.2) is 4.73 Å². The van der Waals surface area contributed by atoms with Gasteiger partial charge in [-0.25, -0.2) is 4.98 Å². The lowest BCUT2D eigenvalue weighted by Gasteiger charge is -2.26. The molecule has 0 aliphatic carbocycles. The largest absolute Gasteiger partial charge is 0.379 e. The molecule has 0 spiro atoms. The molecular weight excluding hydrogens is 246 g/mol. The van der Waals surface area contributed by atoms with E-state index < -0.39 is 0 Å². The van der Waals surface area contributed by atoms with Crippen LogP contribution in [-0.2, 0) is 18.3 Å². The number of morpholine rings is 1. The molecule has 4 nitrogen and oxygen atoms in total. The van der Waals surface area contributed by atoms with Crippen LogP contribution in [0.2, 0.25) is 0 Å². The fraction of sp³-hybridized carbons (Fsp3) is 0.667. The molecule has 1 aliphatic rings. The molecule has 5 heteroatoms. The zero-order valence-corrected chi connectivity index (χ0v) is 9.83. The molecular formula is C9H14BrN3O. The van der Waals surface area contributed by atoms with E-state index in [1.54, 1.807) is 0 Å². The van der Waals surface area contributed by atoms with E-state index in [4.69, 9.17) is 4.74 Å². The monoisotopic (exact) mass is 259 g/mol. The van der Waals surface area contributed by atoms with Crippen molar-refractivity contribution in [1.29, 1.82) is 0 Å². The van der Waals surface area contributed by atoms with Crippen LogP contribution in [0.25, 0.3) is 0 Å². The van der Waals surface area contributed by atoms with Crippen molar-refractivity contribution in [3.05, 3.63) is 16.6 Å². The summed E-state index contributed by atoms with van der Waals surface area (Å²) in [6.07, 6.45) is 1.92. The Bertz CT molecular complexity index is 307. The van der Waals surface area contributed by atoms with Crippen LogP contribution >= 0.6 is 15.9 Å². The van der Waals surface area contributed by atoms with Gasteiger partial charge in [0, 0.05) is 26.7 Å². The maximum absolute atomic E-state index is 5.30. The van der Waals surface area contributed by atoms with Crippen LogP contribution in [0.5, 0.6) is 0 Å². The molecule has 1 saturated heterocycles. The quantitative estimate of drug-likeness (QED) is 0.795. The first-order chi connectivity index (χ1) is 6.77. The average Bonchev–Trinajstić information content (AvgIpc) is 2.52. The highest BCUT2D eigenvalue weighted by atomic mass is 79.9. The van der Waals surface area contributed by atoms with Crippen molar-refractivity contribution in [2.75, 3.05) is 26.3 Å². The minimum atomic E-state index is 0.846. The summed E-state index contributed by atoms with van der Waals surface area (Å²) in [4.78, 5) is 6.59. The Hall–Kier alpha value is -0.390. The Labute approximate surface area is 92.0 Å². The third kappa shape index (κ3) is 2.16. The molecule has 0 aromatic carbocycles. The number of hydrogen-bond acceptors (Lipinski definition) is 3. The summed E-state index contributed by atoms with van der Waals surface area (Å²) in [5, 5.41) is 0. The Morgan fingerprint density at radius 1 is 1.50 bits per heavy atom. The number of imidazole rings is 1. The summed E-state index contributed by atoms with van der Waals surface area (Å²) < 4.78 is 8.25. The van der Waals surface area contributed by atoms with Gasteiger partial charge >= 0.3 is 0 Å². The predicted molar refractivity (Wildman–Crippen MR) is 57.0 cm³/mol. The first-order valence-electron chi connectivity index (χ1n) is 4.73. The molecule has 0 unspecified atom stereocenters. The minimum absolute atomic E-state index is 0.846. The molecule has 0 atom stereocenters. The molecule has 78 valence electrons. The summed E-state index contributed by atoms with van der Waals surface area (Å²) >= 11 is 3.39. The van der Waals surface area contributed by atoms with Crippen LogP contribution in [0, 0.1) is 0 Å². The van der Waals surface area contributed by atoms with Crippen LogP contribution in [0.4, 0.5) is 0 Å². The van der Waals surface area contributed by atoms with Crippen LogP contribution in [0.3, 0.4) is 0 Å². The highest BCUT2D eigenvalue weighted by Crippen LogP contribution is 2.12. The van der Waals surface area contributed by atoms with Crippen molar-refractivity contribution in [3.8, 4) is 0 Å². The minimum Gasteiger partial charge on any atom is -0.379 e. The topological polar surface area (TPSA) is 30.3 Å². The second kappa shape index (κ2) is 4.42. The standard InChI is InChI=1S/C9H14BrN3O/c1-12-8(6-11-9(12)10)7-13-2-4-14-5-3-13/h6H,2-5,7H2,1H3. The smallest absolute Gasteiger partial charge is 0.177 e. The van der Waals surface area contributed by atoms with Crippen molar-refractivity contribution in [2.24, 2.45) is 7.05 Å². The second-order valence-corrected chi connectivity index (χ2v) is 4.18. The van der Waals surface area contributed by atoms with E-state index in [1.807, 2.05) is 13.2 Å². The number of halogens is 1. The van der Waals surface area contributed by atoms with E-state index in [0.29, 0.717) is 0 Å². The third-order valence-electron chi connectivity index (χ3n) is 2.52. The Morgan fingerprint density at radius 3 is 2.79 bits per heavy atom. The molecule has 1 fully saturated rings. The molecule has 14 heavy (non-hydrogen) atoms. The normalized spacial score (nSPS) is 18.7. The van der Waals surface area contributed by atoms with Crippen LogP contribution < -0.4 is 0 Å². The molecule has 1 aromatic heterocycles. The van der Waals surface area contributed by atoms with Gasteiger partial charge in [0.25, 0.3) is 0 Å². The van der Waals surface area contributed by atoms with Crippen molar-refractivity contribution >= 4 is 15.9 Å². The highest BCUT2D eigenvalue weighted by Gasteiger charge is 2.13. The number of aromatic nitrogens is 2. The van der Waals surface area contributed by atoms with Gasteiger partial charge in [-0.3, -0.25) is 4.90 Å². The maximum Gasteiger partial charge on any atom is 0.177 e.